The maximum Gasteiger partial charge on any atom is 0.325 e. The van der Waals surface area contributed by atoms with Crippen molar-refractivity contribution in [2.45, 2.75) is 38.7 Å². The Labute approximate surface area is 157 Å². The Balaban J connectivity index is 2.12. The van der Waals surface area contributed by atoms with E-state index in [2.05, 4.69) is 0 Å². The number of hydrogen-bond donors (Lipinski definition) is 1. The molecule has 27 heavy (non-hydrogen) atoms. The van der Waals surface area contributed by atoms with Crippen LogP contribution in [0.5, 0.6) is 0 Å². The first-order chi connectivity index (χ1) is 13.0. The number of benzene rings is 1. The molecule has 0 bridgehead atoms. The molecular weight excluding hydrogens is 350 g/mol. The van der Waals surface area contributed by atoms with E-state index < -0.39 is 24.5 Å². The molecule has 0 aromatic heterocycles. The third-order valence-corrected chi connectivity index (χ3v) is 4.26. The van der Waals surface area contributed by atoms with Gasteiger partial charge in [-0.15, -0.1) is 0 Å². The lowest BCUT2D eigenvalue weighted by molar-refractivity contribution is -0.186. The van der Waals surface area contributed by atoms with Crippen molar-refractivity contribution in [3.05, 3.63) is 35.4 Å². The van der Waals surface area contributed by atoms with Crippen LogP contribution >= 0.6 is 0 Å². The molecule has 0 radical (unpaired) electrons. The highest BCUT2D eigenvalue weighted by Crippen LogP contribution is 2.17. The molecule has 0 aliphatic carbocycles. The Hall–Kier alpha value is -2.92. The minimum Gasteiger partial charge on any atom is -0.480 e. The van der Waals surface area contributed by atoms with Crippen LogP contribution in [0.2, 0.25) is 0 Å². The summed E-state index contributed by atoms with van der Waals surface area (Å²) in [5, 5.41) is 20.2. The molecule has 1 saturated heterocycles. The monoisotopic (exact) mass is 373 g/mol. The van der Waals surface area contributed by atoms with Crippen LogP contribution in [0.15, 0.2) is 24.3 Å². The SMILES string of the molecule is CCCCC(=O)N(CC(=O)O)N1CCOC(Cc2ccc(C#N)cc2)C1=O. The zero-order valence-corrected chi connectivity index (χ0v) is 15.3. The first kappa shape index (κ1) is 20.4. The number of ether oxygens (including phenoxy) is 1. The van der Waals surface area contributed by atoms with E-state index in [1.54, 1.807) is 24.3 Å². The van der Waals surface area contributed by atoms with Crippen molar-refractivity contribution in [1.29, 1.82) is 5.26 Å². The largest absolute Gasteiger partial charge is 0.480 e. The molecule has 0 saturated carbocycles. The third-order valence-electron chi connectivity index (χ3n) is 4.26. The van der Waals surface area contributed by atoms with Gasteiger partial charge in [0.05, 0.1) is 24.8 Å². The van der Waals surface area contributed by atoms with Crippen molar-refractivity contribution in [1.82, 2.24) is 10.0 Å². The van der Waals surface area contributed by atoms with E-state index >= 15 is 0 Å². The van der Waals surface area contributed by atoms with Gasteiger partial charge in [-0.25, -0.2) is 10.0 Å². The van der Waals surface area contributed by atoms with Gasteiger partial charge in [0.15, 0.2) is 0 Å². The number of hydrazine groups is 1. The first-order valence-corrected chi connectivity index (χ1v) is 8.90. The molecule has 8 nitrogen and oxygen atoms in total. The number of nitrogens with zero attached hydrogens (tertiary/aromatic N) is 3. The van der Waals surface area contributed by atoms with Crippen LogP contribution in [-0.2, 0) is 25.5 Å². The molecule has 1 atom stereocenters. The van der Waals surface area contributed by atoms with Crippen LogP contribution in [0.25, 0.3) is 0 Å². The van der Waals surface area contributed by atoms with Gasteiger partial charge in [0.2, 0.25) is 5.91 Å². The molecule has 2 amide bonds. The van der Waals surface area contributed by atoms with Gasteiger partial charge in [0.25, 0.3) is 5.91 Å². The van der Waals surface area contributed by atoms with Gasteiger partial charge in [-0.3, -0.25) is 14.4 Å². The summed E-state index contributed by atoms with van der Waals surface area (Å²) in [6, 6.07) is 8.84. The normalized spacial score (nSPS) is 16.7. The number of amides is 2. The summed E-state index contributed by atoms with van der Waals surface area (Å²) < 4.78 is 5.56. The van der Waals surface area contributed by atoms with E-state index in [0.717, 1.165) is 17.0 Å². The van der Waals surface area contributed by atoms with E-state index in [0.29, 0.717) is 12.0 Å². The summed E-state index contributed by atoms with van der Waals surface area (Å²) in [4.78, 5) is 36.4. The Kier molecular flexibility index (Phi) is 7.32. The van der Waals surface area contributed by atoms with Crippen LogP contribution in [0.3, 0.4) is 0 Å². The van der Waals surface area contributed by atoms with E-state index in [9.17, 15) is 14.4 Å². The molecule has 1 aliphatic heterocycles. The topological polar surface area (TPSA) is 111 Å². The number of carboxylic acid groups (broad SMARTS) is 1. The van der Waals surface area contributed by atoms with Crippen molar-refractivity contribution >= 4 is 17.8 Å². The van der Waals surface area contributed by atoms with E-state index in [1.165, 1.54) is 5.01 Å². The van der Waals surface area contributed by atoms with Crippen molar-refractivity contribution in [3.63, 3.8) is 0 Å². The van der Waals surface area contributed by atoms with Gasteiger partial charge in [-0.2, -0.15) is 5.26 Å². The van der Waals surface area contributed by atoms with Gasteiger partial charge in [0.1, 0.15) is 12.6 Å². The molecule has 1 fully saturated rings. The van der Waals surface area contributed by atoms with Gasteiger partial charge in [-0.1, -0.05) is 25.5 Å². The smallest absolute Gasteiger partial charge is 0.325 e. The van der Waals surface area contributed by atoms with Crippen molar-refractivity contribution < 1.29 is 24.2 Å². The quantitative estimate of drug-likeness (QED) is 0.736. The number of carboxylic acids is 1. The average molecular weight is 373 g/mol. The molecule has 1 aliphatic rings. The second-order valence-electron chi connectivity index (χ2n) is 6.28. The van der Waals surface area contributed by atoms with E-state index in [-0.39, 0.29) is 31.9 Å². The Morgan fingerprint density at radius 1 is 1.37 bits per heavy atom. The number of rotatable bonds is 8. The average Bonchev–Trinajstić information content (AvgIpc) is 2.66. The fourth-order valence-corrected chi connectivity index (χ4v) is 2.84. The Bertz CT molecular complexity index is 726. The summed E-state index contributed by atoms with van der Waals surface area (Å²) in [6.07, 6.45) is 1.09. The Morgan fingerprint density at radius 3 is 2.67 bits per heavy atom. The lowest BCUT2D eigenvalue weighted by atomic mass is 10.0. The molecule has 8 heteroatoms. The summed E-state index contributed by atoms with van der Waals surface area (Å²) in [5.41, 5.74) is 1.33. The molecule has 1 aromatic carbocycles. The third kappa shape index (κ3) is 5.53. The molecule has 144 valence electrons. The van der Waals surface area contributed by atoms with Crippen LogP contribution in [0.1, 0.15) is 37.3 Å². The highest BCUT2D eigenvalue weighted by molar-refractivity contribution is 5.87. The second-order valence-corrected chi connectivity index (χ2v) is 6.28. The van der Waals surface area contributed by atoms with Gasteiger partial charge in [0, 0.05) is 12.8 Å². The molecule has 1 heterocycles. The van der Waals surface area contributed by atoms with E-state index in [4.69, 9.17) is 15.1 Å². The van der Waals surface area contributed by atoms with Crippen molar-refractivity contribution in [2.75, 3.05) is 19.7 Å². The summed E-state index contributed by atoms with van der Waals surface area (Å²) >= 11 is 0. The number of hydrogen-bond acceptors (Lipinski definition) is 5. The number of carbonyl (C=O) groups excluding carboxylic acids is 2. The Morgan fingerprint density at radius 2 is 2.07 bits per heavy atom. The molecule has 0 spiro atoms. The van der Waals surface area contributed by atoms with Crippen LogP contribution < -0.4 is 0 Å². The molecular formula is C19H23N3O5. The summed E-state index contributed by atoms with van der Waals surface area (Å²) in [6.45, 7) is 1.72. The number of carbonyl (C=O) groups is 3. The zero-order valence-electron chi connectivity index (χ0n) is 15.3. The number of morpholine rings is 1. The highest BCUT2D eigenvalue weighted by Gasteiger charge is 2.36. The van der Waals surface area contributed by atoms with Gasteiger partial charge < -0.3 is 9.84 Å². The van der Waals surface area contributed by atoms with Crippen molar-refractivity contribution in [2.24, 2.45) is 0 Å². The summed E-state index contributed by atoms with van der Waals surface area (Å²) in [7, 11) is 0. The lowest BCUT2D eigenvalue weighted by Crippen LogP contribution is -2.59. The molecule has 1 N–H and O–H groups in total. The minimum absolute atomic E-state index is 0.133. The highest BCUT2D eigenvalue weighted by atomic mass is 16.5. The minimum atomic E-state index is -1.18. The number of aliphatic carboxylic acids is 1. The van der Waals surface area contributed by atoms with E-state index in [1.807, 2.05) is 13.0 Å². The number of unbranched alkanes of at least 4 members (excludes halogenated alkanes) is 1. The molecule has 2 rings (SSSR count). The molecule has 1 unspecified atom stereocenters. The second kappa shape index (κ2) is 9.69. The maximum atomic E-state index is 12.8. The predicted octanol–water partition coefficient (Wildman–Crippen LogP) is 1.35. The van der Waals surface area contributed by atoms with Crippen LogP contribution in [0.4, 0.5) is 0 Å². The predicted molar refractivity (Wildman–Crippen MR) is 95.2 cm³/mol. The van der Waals surface area contributed by atoms with Crippen molar-refractivity contribution in [3.8, 4) is 6.07 Å². The zero-order chi connectivity index (χ0) is 19.8. The fourth-order valence-electron chi connectivity index (χ4n) is 2.84. The lowest BCUT2D eigenvalue weighted by Gasteiger charge is -2.39. The number of nitriles is 1. The van der Waals surface area contributed by atoms with Gasteiger partial charge in [-0.05, 0) is 24.1 Å². The fraction of sp³-hybridized carbons (Fsp3) is 0.474. The summed E-state index contributed by atoms with van der Waals surface area (Å²) in [5.74, 6) is -1.99. The van der Waals surface area contributed by atoms with Crippen LogP contribution in [-0.4, -0.2) is 58.7 Å². The molecule has 1 aromatic rings. The standard InChI is InChI=1S/C19H23N3O5/c1-2-3-4-17(23)22(13-18(24)25)21-9-10-27-16(19(21)26)11-14-5-7-15(12-20)8-6-14/h5-8,16H,2-4,9-11,13H2,1H3,(H,24,25). The van der Waals surface area contributed by atoms with Gasteiger partial charge >= 0.3 is 5.97 Å². The maximum absolute atomic E-state index is 12.8. The van der Waals surface area contributed by atoms with Crippen LogP contribution in [0, 0.1) is 11.3 Å². The first-order valence-electron chi connectivity index (χ1n) is 8.90.